The Balaban J connectivity index is 2.04. The highest BCUT2D eigenvalue weighted by atomic mass is 79.9. The predicted octanol–water partition coefficient (Wildman–Crippen LogP) is 4.73. The highest BCUT2D eigenvalue weighted by Gasteiger charge is 2.03. The molecule has 0 N–H and O–H groups in total. The predicted molar refractivity (Wildman–Crippen MR) is 77.7 cm³/mol. The molecular formula is C15H18BrN. The number of halogens is 1. The van der Waals surface area contributed by atoms with Crippen molar-refractivity contribution in [2.45, 2.75) is 37.4 Å². The fourth-order valence-electron chi connectivity index (χ4n) is 2.06. The van der Waals surface area contributed by atoms with Crippen LogP contribution in [0.3, 0.4) is 0 Å². The van der Waals surface area contributed by atoms with E-state index in [4.69, 9.17) is 0 Å². The molecule has 1 aromatic heterocycles. The van der Waals surface area contributed by atoms with E-state index in [1.54, 1.807) is 0 Å². The molecule has 0 spiro atoms. The Kier molecular flexibility index (Phi) is 4.55. The van der Waals surface area contributed by atoms with Crippen LogP contribution in [0.2, 0.25) is 0 Å². The molecule has 0 fully saturated rings. The van der Waals surface area contributed by atoms with Crippen LogP contribution >= 0.6 is 15.9 Å². The molecule has 1 atom stereocenters. The summed E-state index contributed by atoms with van der Waals surface area (Å²) >= 11 is 3.73. The molecule has 2 aromatic rings. The van der Waals surface area contributed by atoms with Crippen LogP contribution in [0.5, 0.6) is 0 Å². The standard InChI is InChI=1S/C15H18BrN/c1-2-4-14(16)8-6-12-7-9-15-13(11-12)5-3-10-17-15/h3,5,7,9-11,14H,2,4,6,8H2,1H3. The molecule has 0 aliphatic heterocycles. The molecule has 90 valence electrons. The monoisotopic (exact) mass is 291 g/mol. The minimum Gasteiger partial charge on any atom is -0.256 e. The summed E-state index contributed by atoms with van der Waals surface area (Å²) < 4.78 is 0. The Morgan fingerprint density at radius 2 is 2.12 bits per heavy atom. The molecule has 2 rings (SSSR count). The fraction of sp³-hybridized carbons (Fsp3) is 0.400. The first-order chi connectivity index (χ1) is 8.29. The number of hydrogen-bond acceptors (Lipinski definition) is 1. The van der Waals surface area contributed by atoms with Gasteiger partial charge < -0.3 is 0 Å². The lowest BCUT2D eigenvalue weighted by molar-refractivity contribution is 0.693. The van der Waals surface area contributed by atoms with E-state index in [9.17, 15) is 0 Å². The number of fused-ring (bicyclic) bond motifs is 1. The van der Waals surface area contributed by atoms with Crippen LogP contribution in [0.15, 0.2) is 36.5 Å². The van der Waals surface area contributed by atoms with Crippen molar-refractivity contribution in [3.05, 3.63) is 42.1 Å². The van der Waals surface area contributed by atoms with Gasteiger partial charge in [0.25, 0.3) is 0 Å². The second-order valence-corrected chi connectivity index (χ2v) is 5.75. The van der Waals surface area contributed by atoms with Gasteiger partial charge in [0.15, 0.2) is 0 Å². The Morgan fingerprint density at radius 1 is 1.24 bits per heavy atom. The maximum Gasteiger partial charge on any atom is 0.0702 e. The first-order valence-corrected chi connectivity index (χ1v) is 7.19. The van der Waals surface area contributed by atoms with Crippen molar-refractivity contribution >= 4 is 26.8 Å². The van der Waals surface area contributed by atoms with E-state index in [0.717, 1.165) is 11.9 Å². The molecule has 2 heteroatoms. The fourth-order valence-corrected chi connectivity index (χ4v) is 2.75. The number of aromatic nitrogens is 1. The van der Waals surface area contributed by atoms with Crippen molar-refractivity contribution in [3.8, 4) is 0 Å². The summed E-state index contributed by atoms with van der Waals surface area (Å²) in [6.07, 6.45) is 6.70. The number of alkyl halides is 1. The first kappa shape index (κ1) is 12.6. The molecule has 0 saturated carbocycles. The van der Waals surface area contributed by atoms with E-state index in [1.807, 2.05) is 12.3 Å². The van der Waals surface area contributed by atoms with E-state index < -0.39 is 0 Å². The van der Waals surface area contributed by atoms with Crippen molar-refractivity contribution in [2.24, 2.45) is 0 Å². The van der Waals surface area contributed by atoms with Gasteiger partial charge in [0.1, 0.15) is 0 Å². The van der Waals surface area contributed by atoms with Gasteiger partial charge in [-0.05, 0) is 43.0 Å². The molecule has 0 aliphatic carbocycles. The minimum absolute atomic E-state index is 0.650. The summed E-state index contributed by atoms with van der Waals surface area (Å²) in [6.45, 7) is 2.23. The summed E-state index contributed by atoms with van der Waals surface area (Å²) in [5.41, 5.74) is 2.49. The molecular weight excluding hydrogens is 274 g/mol. The molecule has 0 bridgehead atoms. The lowest BCUT2D eigenvalue weighted by atomic mass is 10.0. The van der Waals surface area contributed by atoms with Crippen LogP contribution in [-0.2, 0) is 6.42 Å². The number of nitrogens with zero attached hydrogens (tertiary/aromatic N) is 1. The van der Waals surface area contributed by atoms with Crippen LogP contribution in [0.25, 0.3) is 10.9 Å². The average molecular weight is 292 g/mol. The summed E-state index contributed by atoms with van der Waals surface area (Å²) in [6, 6.07) is 10.7. The van der Waals surface area contributed by atoms with E-state index in [1.165, 1.54) is 30.2 Å². The van der Waals surface area contributed by atoms with Gasteiger partial charge in [-0.2, -0.15) is 0 Å². The largest absolute Gasteiger partial charge is 0.256 e. The van der Waals surface area contributed by atoms with Gasteiger partial charge in [-0.1, -0.05) is 41.4 Å². The van der Waals surface area contributed by atoms with Crippen LogP contribution in [-0.4, -0.2) is 9.81 Å². The van der Waals surface area contributed by atoms with Crippen molar-refractivity contribution < 1.29 is 0 Å². The van der Waals surface area contributed by atoms with Gasteiger partial charge >= 0.3 is 0 Å². The molecule has 1 heterocycles. The second-order valence-electron chi connectivity index (χ2n) is 4.46. The molecule has 0 saturated heterocycles. The van der Waals surface area contributed by atoms with E-state index >= 15 is 0 Å². The lowest BCUT2D eigenvalue weighted by Crippen LogP contribution is -1.99. The zero-order chi connectivity index (χ0) is 12.1. The third kappa shape index (κ3) is 3.53. The van der Waals surface area contributed by atoms with Crippen molar-refractivity contribution in [2.75, 3.05) is 0 Å². The Morgan fingerprint density at radius 3 is 2.94 bits per heavy atom. The van der Waals surface area contributed by atoms with Gasteiger partial charge in [0.05, 0.1) is 5.52 Å². The van der Waals surface area contributed by atoms with E-state index in [2.05, 4.69) is 52.1 Å². The SMILES string of the molecule is CCCC(Br)CCc1ccc2ncccc2c1. The summed E-state index contributed by atoms with van der Waals surface area (Å²) in [5, 5.41) is 1.24. The average Bonchev–Trinajstić information content (AvgIpc) is 2.36. The number of aryl methyl sites for hydroxylation is 1. The van der Waals surface area contributed by atoms with E-state index in [-0.39, 0.29) is 0 Å². The summed E-state index contributed by atoms with van der Waals surface area (Å²) in [5.74, 6) is 0. The quantitative estimate of drug-likeness (QED) is 0.726. The molecule has 0 radical (unpaired) electrons. The third-order valence-corrected chi connectivity index (χ3v) is 3.93. The number of pyridine rings is 1. The number of hydrogen-bond donors (Lipinski definition) is 0. The first-order valence-electron chi connectivity index (χ1n) is 6.27. The van der Waals surface area contributed by atoms with Gasteiger partial charge in [0.2, 0.25) is 0 Å². The second kappa shape index (κ2) is 6.15. The topological polar surface area (TPSA) is 12.9 Å². The zero-order valence-corrected chi connectivity index (χ0v) is 11.8. The highest BCUT2D eigenvalue weighted by Crippen LogP contribution is 2.18. The molecule has 1 unspecified atom stereocenters. The van der Waals surface area contributed by atoms with Crippen LogP contribution < -0.4 is 0 Å². The van der Waals surface area contributed by atoms with Gasteiger partial charge in [0, 0.05) is 16.4 Å². The minimum atomic E-state index is 0.650. The molecule has 17 heavy (non-hydrogen) atoms. The Hall–Kier alpha value is -0.890. The summed E-state index contributed by atoms with van der Waals surface area (Å²) in [4.78, 5) is 4.99. The van der Waals surface area contributed by atoms with Gasteiger partial charge in [-0.3, -0.25) is 4.98 Å². The smallest absolute Gasteiger partial charge is 0.0702 e. The van der Waals surface area contributed by atoms with Crippen LogP contribution in [0.1, 0.15) is 31.7 Å². The Bertz CT molecular complexity index is 481. The van der Waals surface area contributed by atoms with E-state index in [0.29, 0.717) is 4.83 Å². The normalized spacial score (nSPS) is 12.8. The van der Waals surface area contributed by atoms with Crippen molar-refractivity contribution in [3.63, 3.8) is 0 Å². The number of rotatable bonds is 5. The van der Waals surface area contributed by atoms with Gasteiger partial charge in [-0.15, -0.1) is 0 Å². The highest BCUT2D eigenvalue weighted by molar-refractivity contribution is 9.09. The van der Waals surface area contributed by atoms with Crippen molar-refractivity contribution in [1.82, 2.24) is 4.98 Å². The molecule has 0 aliphatic rings. The summed E-state index contributed by atoms with van der Waals surface area (Å²) in [7, 11) is 0. The third-order valence-electron chi connectivity index (χ3n) is 3.02. The number of benzene rings is 1. The van der Waals surface area contributed by atoms with Crippen molar-refractivity contribution in [1.29, 1.82) is 0 Å². The van der Waals surface area contributed by atoms with Crippen LogP contribution in [0.4, 0.5) is 0 Å². The molecule has 1 aromatic carbocycles. The lowest BCUT2D eigenvalue weighted by Gasteiger charge is -2.08. The maximum atomic E-state index is 4.34. The van der Waals surface area contributed by atoms with Crippen LogP contribution in [0, 0.1) is 0 Å². The zero-order valence-electron chi connectivity index (χ0n) is 10.2. The molecule has 0 amide bonds. The maximum absolute atomic E-state index is 4.34. The van der Waals surface area contributed by atoms with Gasteiger partial charge in [-0.25, -0.2) is 0 Å². The molecule has 1 nitrogen and oxygen atoms in total. The Labute approximate surface area is 111 Å².